The number of esters is 1. The predicted molar refractivity (Wildman–Crippen MR) is 125 cm³/mol. The number of carbonyl (C=O) groups is 2. The van der Waals surface area contributed by atoms with E-state index in [2.05, 4.69) is 35.2 Å². The number of benzene rings is 2. The monoisotopic (exact) mass is 434 g/mol. The van der Waals surface area contributed by atoms with Crippen molar-refractivity contribution < 1.29 is 14.3 Å². The van der Waals surface area contributed by atoms with Crippen molar-refractivity contribution in [3.05, 3.63) is 71.3 Å². The molecular weight excluding hydrogens is 400 g/mol. The van der Waals surface area contributed by atoms with E-state index in [1.807, 2.05) is 17.0 Å². The molecule has 0 aliphatic carbocycles. The van der Waals surface area contributed by atoms with Crippen molar-refractivity contribution in [2.45, 2.75) is 51.1 Å². The fraction of sp³-hybridized carbons (Fsp3) is 0.481. The van der Waals surface area contributed by atoms with Crippen molar-refractivity contribution in [2.75, 3.05) is 26.7 Å². The van der Waals surface area contributed by atoms with E-state index in [4.69, 9.17) is 4.74 Å². The quantitative estimate of drug-likeness (QED) is 0.636. The lowest BCUT2D eigenvalue weighted by Crippen LogP contribution is -2.42. The van der Waals surface area contributed by atoms with Crippen LogP contribution in [0.4, 0.5) is 0 Å². The third kappa shape index (κ3) is 5.77. The van der Waals surface area contributed by atoms with Crippen molar-refractivity contribution >= 4 is 11.9 Å². The maximum absolute atomic E-state index is 12.8. The highest BCUT2D eigenvalue weighted by molar-refractivity contribution is 5.89. The molecule has 0 spiro atoms. The van der Waals surface area contributed by atoms with Crippen molar-refractivity contribution in [3.8, 4) is 0 Å². The molecule has 2 fully saturated rings. The Hall–Kier alpha value is -2.66. The van der Waals surface area contributed by atoms with Crippen LogP contribution in [-0.4, -0.2) is 54.5 Å². The molecule has 0 saturated carbocycles. The lowest BCUT2D eigenvalue weighted by molar-refractivity contribution is -0.131. The van der Waals surface area contributed by atoms with Crippen molar-refractivity contribution in [1.82, 2.24) is 9.80 Å². The van der Waals surface area contributed by atoms with E-state index in [0.717, 1.165) is 44.0 Å². The molecular formula is C27H34N2O3. The summed E-state index contributed by atoms with van der Waals surface area (Å²) in [6.45, 7) is 3.69. The van der Waals surface area contributed by atoms with E-state index < -0.39 is 0 Å². The van der Waals surface area contributed by atoms with E-state index in [9.17, 15) is 9.59 Å². The molecule has 0 bridgehead atoms. The Balaban J connectivity index is 1.27. The summed E-state index contributed by atoms with van der Waals surface area (Å²) in [5.74, 6) is 0.673. The van der Waals surface area contributed by atoms with Gasteiger partial charge in [0.05, 0.1) is 12.7 Å². The van der Waals surface area contributed by atoms with Crippen LogP contribution in [0, 0.1) is 5.92 Å². The lowest BCUT2D eigenvalue weighted by Gasteiger charge is -2.37. The summed E-state index contributed by atoms with van der Waals surface area (Å²) in [5.41, 5.74) is 3.03. The Morgan fingerprint density at radius 1 is 0.906 bits per heavy atom. The molecule has 0 N–H and O–H groups in total. The third-order valence-corrected chi connectivity index (χ3v) is 7.06. The second kappa shape index (κ2) is 10.8. The molecule has 0 radical (unpaired) electrons. The minimum atomic E-state index is -0.335. The van der Waals surface area contributed by atoms with Gasteiger partial charge >= 0.3 is 5.97 Å². The Morgan fingerprint density at radius 2 is 1.62 bits per heavy atom. The highest BCUT2D eigenvalue weighted by atomic mass is 16.5. The molecule has 5 nitrogen and oxygen atoms in total. The van der Waals surface area contributed by atoms with Gasteiger partial charge in [0, 0.05) is 25.6 Å². The Morgan fingerprint density at radius 3 is 2.31 bits per heavy atom. The smallest absolute Gasteiger partial charge is 0.337 e. The third-order valence-electron chi connectivity index (χ3n) is 7.06. The van der Waals surface area contributed by atoms with Gasteiger partial charge in [0.25, 0.3) is 0 Å². The molecule has 0 aromatic heterocycles. The van der Waals surface area contributed by atoms with Gasteiger partial charge in [0.1, 0.15) is 0 Å². The molecule has 2 aromatic carbocycles. The van der Waals surface area contributed by atoms with Crippen LogP contribution < -0.4 is 0 Å². The molecule has 1 atom stereocenters. The number of rotatable bonds is 6. The summed E-state index contributed by atoms with van der Waals surface area (Å²) in [4.78, 5) is 29.0. The highest BCUT2D eigenvalue weighted by Crippen LogP contribution is 2.27. The maximum Gasteiger partial charge on any atom is 0.337 e. The molecule has 170 valence electrons. The molecule has 2 aromatic rings. The first-order valence-electron chi connectivity index (χ1n) is 11.9. The van der Waals surface area contributed by atoms with Crippen LogP contribution in [0.15, 0.2) is 54.6 Å². The van der Waals surface area contributed by atoms with Gasteiger partial charge in [-0.05, 0) is 74.4 Å². The molecule has 2 aliphatic rings. The van der Waals surface area contributed by atoms with Crippen LogP contribution >= 0.6 is 0 Å². The van der Waals surface area contributed by atoms with Crippen LogP contribution in [0.1, 0.15) is 53.6 Å². The normalized spacial score (nSPS) is 20.7. The molecule has 4 rings (SSSR count). The number of carbonyl (C=O) groups excluding carboxylic acids is 2. The van der Waals surface area contributed by atoms with Crippen molar-refractivity contribution in [1.29, 1.82) is 0 Å². The van der Waals surface area contributed by atoms with E-state index in [1.54, 1.807) is 12.1 Å². The van der Waals surface area contributed by atoms with Crippen LogP contribution in [0.2, 0.25) is 0 Å². The van der Waals surface area contributed by atoms with Crippen molar-refractivity contribution in [3.63, 3.8) is 0 Å². The van der Waals surface area contributed by atoms with Crippen LogP contribution in [0.25, 0.3) is 0 Å². The van der Waals surface area contributed by atoms with E-state index in [-0.39, 0.29) is 11.9 Å². The molecule has 5 heteroatoms. The number of likely N-dealkylation sites (tertiary alicyclic amines) is 2. The Bertz CT molecular complexity index is 889. The van der Waals surface area contributed by atoms with Gasteiger partial charge < -0.3 is 14.5 Å². The Labute approximate surface area is 191 Å². The van der Waals surface area contributed by atoms with E-state index >= 15 is 0 Å². The first-order chi connectivity index (χ1) is 15.6. The first-order valence-corrected chi connectivity index (χ1v) is 11.9. The van der Waals surface area contributed by atoms with Crippen molar-refractivity contribution in [2.24, 2.45) is 5.92 Å². The predicted octanol–water partition coefficient (Wildman–Crippen LogP) is 4.31. The number of ether oxygens (including phenoxy) is 1. The van der Waals surface area contributed by atoms with E-state index in [0.29, 0.717) is 24.6 Å². The molecule has 2 saturated heterocycles. The first kappa shape index (κ1) is 22.5. The second-order valence-corrected chi connectivity index (χ2v) is 9.15. The number of piperidine rings is 1. The summed E-state index contributed by atoms with van der Waals surface area (Å²) in [7, 11) is 1.38. The summed E-state index contributed by atoms with van der Waals surface area (Å²) in [6.07, 6.45) is 6.29. The number of methoxy groups -OCH3 is 1. The lowest BCUT2D eigenvalue weighted by atomic mass is 9.89. The fourth-order valence-electron chi connectivity index (χ4n) is 5.11. The van der Waals surface area contributed by atoms with Crippen LogP contribution in [0.5, 0.6) is 0 Å². The minimum absolute atomic E-state index is 0.239. The summed E-state index contributed by atoms with van der Waals surface area (Å²) >= 11 is 0. The maximum atomic E-state index is 12.8. The van der Waals surface area contributed by atoms with Gasteiger partial charge in [-0.25, -0.2) is 4.79 Å². The topological polar surface area (TPSA) is 49.9 Å². The summed E-state index contributed by atoms with van der Waals surface area (Å²) in [6, 6.07) is 18.7. The van der Waals surface area contributed by atoms with Crippen LogP contribution in [0.3, 0.4) is 0 Å². The largest absolute Gasteiger partial charge is 0.465 e. The standard InChI is InChI=1S/C27H34N2O3/c1-32-27(31)24-9-7-23(8-10-24)20-29-18-15-25(11-12-26(29)30)28-16-13-22(14-17-28)19-21-5-3-2-4-6-21/h2-10,22,25H,11-20H2,1H3/t25-/m0/s1. The zero-order valence-electron chi connectivity index (χ0n) is 19.0. The summed E-state index contributed by atoms with van der Waals surface area (Å²) in [5, 5.41) is 0. The van der Waals surface area contributed by atoms with Gasteiger partial charge in [-0.2, -0.15) is 0 Å². The molecule has 2 aliphatic heterocycles. The Kier molecular flexibility index (Phi) is 7.59. The van der Waals surface area contributed by atoms with Gasteiger partial charge in [0.2, 0.25) is 5.91 Å². The number of hydrogen-bond acceptors (Lipinski definition) is 4. The zero-order valence-corrected chi connectivity index (χ0v) is 19.0. The minimum Gasteiger partial charge on any atom is -0.465 e. The number of hydrogen-bond donors (Lipinski definition) is 0. The average molecular weight is 435 g/mol. The molecule has 0 unspecified atom stereocenters. The second-order valence-electron chi connectivity index (χ2n) is 9.15. The summed E-state index contributed by atoms with van der Waals surface area (Å²) < 4.78 is 4.76. The van der Waals surface area contributed by atoms with Gasteiger partial charge in [-0.3, -0.25) is 4.79 Å². The van der Waals surface area contributed by atoms with Crippen LogP contribution in [-0.2, 0) is 22.5 Å². The molecule has 2 heterocycles. The SMILES string of the molecule is COC(=O)c1ccc(CN2CC[C@@H](N3CCC(Cc4ccccc4)CC3)CCC2=O)cc1. The average Bonchev–Trinajstić information content (AvgIpc) is 3.02. The number of amides is 1. The fourth-order valence-corrected chi connectivity index (χ4v) is 5.11. The van der Waals surface area contributed by atoms with Gasteiger partial charge in [-0.15, -0.1) is 0 Å². The highest BCUT2D eigenvalue weighted by Gasteiger charge is 2.29. The zero-order chi connectivity index (χ0) is 22.3. The molecule has 1 amide bonds. The van der Waals surface area contributed by atoms with Gasteiger partial charge in [-0.1, -0.05) is 42.5 Å². The van der Waals surface area contributed by atoms with Gasteiger partial charge in [0.15, 0.2) is 0 Å². The molecule has 32 heavy (non-hydrogen) atoms. The number of nitrogens with zero attached hydrogens (tertiary/aromatic N) is 2. The van der Waals surface area contributed by atoms with E-state index in [1.165, 1.54) is 31.9 Å².